The maximum absolute atomic E-state index is 5.80. The van der Waals surface area contributed by atoms with Crippen LogP contribution in [0.5, 0.6) is 0 Å². The fraction of sp³-hybridized carbons (Fsp3) is 0.316. The van der Waals surface area contributed by atoms with Gasteiger partial charge in [0.25, 0.3) is 0 Å². The lowest BCUT2D eigenvalue weighted by atomic mass is 10.2. The van der Waals surface area contributed by atoms with Gasteiger partial charge in [-0.3, -0.25) is 4.98 Å². The molecule has 4 heterocycles. The molecule has 128 valence electrons. The van der Waals surface area contributed by atoms with Crippen molar-refractivity contribution in [3.8, 4) is 0 Å². The van der Waals surface area contributed by atoms with Gasteiger partial charge in [-0.25, -0.2) is 9.97 Å². The van der Waals surface area contributed by atoms with Crippen LogP contribution in [-0.2, 0) is 4.74 Å². The summed E-state index contributed by atoms with van der Waals surface area (Å²) < 4.78 is 5.80. The first-order valence-electron chi connectivity index (χ1n) is 8.52. The summed E-state index contributed by atoms with van der Waals surface area (Å²) in [6.45, 7) is 5.89. The molecule has 0 radical (unpaired) electrons. The van der Waals surface area contributed by atoms with E-state index in [4.69, 9.17) is 9.72 Å². The Bertz CT molecular complexity index is 874. The Morgan fingerprint density at radius 2 is 1.80 bits per heavy atom. The van der Waals surface area contributed by atoms with E-state index in [0.29, 0.717) is 0 Å². The number of pyridine rings is 3. The minimum absolute atomic E-state index is 0.206. The summed E-state index contributed by atoms with van der Waals surface area (Å²) in [7, 11) is 0. The molecule has 0 spiro atoms. The van der Waals surface area contributed by atoms with Crippen LogP contribution in [0.1, 0.15) is 13.8 Å². The van der Waals surface area contributed by atoms with Crippen molar-refractivity contribution in [1.29, 1.82) is 0 Å². The van der Waals surface area contributed by atoms with Gasteiger partial charge in [-0.05, 0) is 44.2 Å². The third kappa shape index (κ3) is 3.53. The number of rotatable bonds is 3. The summed E-state index contributed by atoms with van der Waals surface area (Å²) in [6.07, 6.45) is 3.97. The Balaban J connectivity index is 1.56. The molecule has 25 heavy (non-hydrogen) atoms. The number of morpholine rings is 1. The first-order chi connectivity index (χ1) is 12.2. The van der Waals surface area contributed by atoms with E-state index in [1.165, 1.54) is 0 Å². The monoisotopic (exact) mass is 335 g/mol. The van der Waals surface area contributed by atoms with Gasteiger partial charge in [-0.1, -0.05) is 6.07 Å². The second kappa shape index (κ2) is 6.64. The molecule has 1 fully saturated rings. The number of ether oxygens (including phenoxy) is 1. The van der Waals surface area contributed by atoms with Gasteiger partial charge >= 0.3 is 0 Å². The topological polar surface area (TPSA) is 63.2 Å². The molecule has 2 atom stereocenters. The lowest BCUT2D eigenvalue weighted by Crippen LogP contribution is -2.45. The number of anilines is 3. The zero-order valence-electron chi connectivity index (χ0n) is 14.4. The summed E-state index contributed by atoms with van der Waals surface area (Å²) in [6, 6.07) is 11.9. The van der Waals surface area contributed by atoms with E-state index in [1.54, 1.807) is 6.20 Å². The second-order valence-electron chi connectivity index (χ2n) is 6.43. The highest BCUT2D eigenvalue weighted by atomic mass is 16.5. The van der Waals surface area contributed by atoms with Gasteiger partial charge in [0, 0.05) is 30.9 Å². The largest absolute Gasteiger partial charge is 0.372 e. The molecule has 4 rings (SSSR count). The molecule has 6 nitrogen and oxygen atoms in total. The first kappa shape index (κ1) is 15.8. The van der Waals surface area contributed by atoms with Gasteiger partial charge in [0.1, 0.15) is 17.5 Å². The van der Waals surface area contributed by atoms with Crippen molar-refractivity contribution < 1.29 is 4.74 Å². The van der Waals surface area contributed by atoms with Crippen molar-refractivity contribution in [2.24, 2.45) is 0 Å². The van der Waals surface area contributed by atoms with E-state index in [-0.39, 0.29) is 12.2 Å². The van der Waals surface area contributed by atoms with Gasteiger partial charge in [-0.15, -0.1) is 0 Å². The van der Waals surface area contributed by atoms with Crippen LogP contribution in [0.4, 0.5) is 17.5 Å². The third-order valence-corrected chi connectivity index (χ3v) is 4.22. The van der Waals surface area contributed by atoms with Crippen LogP contribution >= 0.6 is 0 Å². The van der Waals surface area contributed by atoms with Gasteiger partial charge in [0.15, 0.2) is 0 Å². The van der Waals surface area contributed by atoms with E-state index in [2.05, 4.69) is 34.0 Å². The molecule has 0 amide bonds. The Morgan fingerprint density at radius 1 is 1.00 bits per heavy atom. The maximum Gasteiger partial charge on any atom is 0.133 e. The maximum atomic E-state index is 5.80. The molecule has 1 aliphatic heterocycles. The molecular weight excluding hydrogens is 314 g/mol. The summed E-state index contributed by atoms with van der Waals surface area (Å²) in [5, 5.41) is 4.32. The minimum Gasteiger partial charge on any atom is -0.372 e. The van der Waals surface area contributed by atoms with Crippen molar-refractivity contribution in [3.63, 3.8) is 0 Å². The summed E-state index contributed by atoms with van der Waals surface area (Å²) in [5.74, 6) is 2.51. The van der Waals surface area contributed by atoms with E-state index in [0.717, 1.165) is 41.4 Å². The van der Waals surface area contributed by atoms with Crippen molar-refractivity contribution in [2.75, 3.05) is 23.3 Å². The van der Waals surface area contributed by atoms with E-state index < -0.39 is 0 Å². The Morgan fingerprint density at radius 3 is 2.64 bits per heavy atom. The zero-order valence-corrected chi connectivity index (χ0v) is 14.4. The Hall–Kier alpha value is -2.73. The SMILES string of the molecule is C[C@@H]1CN(c2cccc(Nc3ccc4cnccc4n3)n2)C[C@H](C)O1. The summed E-state index contributed by atoms with van der Waals surface area (Å²) >= 11 is 0. The molecule has 6 heteroatoms. The van der Waals surface area contributed by atoms with Crippen LogP contribution in [0, 0.1) is 0 Å². The number of nitrogens with zero attached hydrogens (tertiary/aromatic N) is 4. The van der Waals surface area contributed by atoms with Crippen LogP contribution < -0.4 is 10.2 Å². The molecule has 0 aliphatic carbocycles. The molecule has 0 aromatic carbocycles. The molecule has 1 saturated heterocycles. The number of hydrogen-bond donors (Lipinski definition) is 1. The van der Waals surface area contributed by atoms with Crippen molar-refractivity contribution in [3.05, 3.63) is 48.8 Å². The fourth-order valence-electron chi connectivity index (χ4n) is 3.20. The summed E-state index contributed by atoms with van der Waals surface area (Å²) in [4.78, 5) is 15.7. The fourth-order valence-corrected chi connectivity index (χ4v) is 3.20. The van der Waals surface area contributed by atoms with E-state index >= 15 is 0 Å². The summed E-state index contributed by atoms with van der Waals surface area (Å²) in [5.41, 5.74) is 0.909. The number of fused-ring (bicyclic) bond motifs is 1. The molecule has 3 aromatic heterocycles. The molecule has 1 N–H and O–H groups in total. The highest BCUT2D eigenvalue weighted by Crippen LogP contribution is 2.22. The standard InChI is InChI=1S/C19H21N5O/c1-13-11-24(12-14(2)25-13)19-5-3-4-17(23-19)22-18-7-6-15-10-20-9-8-16(15)21-18/h3-10,13-14H,11-12H2,1-2H3,(H,21,22,23)/t13-,14+. The molecular formula is C19H21N5O. The number of nitrogens with one attached hydrogen (secondary N) is 1. The van der Waals surface area contributed by atoms with Crippen LogP contribution in [0.2, 0.25) is 0 Å². The molecule has 0 unspecified atom stereocenters. The normalized spacial score (nSPS) is 20.6. The second-order valence-corrected chi connectivity index (χ2v) is 6.43. The average molecular weight is 335 g/mol. The first-order valence-corrected chi connectivity index (χ1v) is 8.52. The molecule has 3 aromatic rings. The van der Waals surface area contributed by atoms with Crippen molar-refractivity contribution in [1.82, 2.24) is 15.0 Å². The van der Waals surface area contributed by atoms with Gasteiger partial charge < -0.3 is 15.0 Å². The lowest BCUT2D eigenvalue weighted by molar-refractivity contribution is -0.00545. The third-order valence-electron chi connectivity index (χ3n) is 4.22. The predicted molar refractivity (Wildman–Crippen MR) is 99.3 cm³/mol. The van der Waals surface area contributed by atoms with E-state index in [9.17, 15) is 0 Å². The van der Waals surface area contributed by atoms with Crippen molar-refractivity contribution in [2.45, 2.75) is 26.1 Å². The van der Waals surface area contributed by atoms with E-state index in [1.807, 2.05) is 42.6 Å². The number of aromatic nitrogens is 3. The van der Waals surface area contributed by atoms with Gasteiger partial charge in [0.2, 0.25) is 0 Å². The highest BCUT2D eigenvalue weighted by molar-refractivity contribution is 5.79. The molecule has 0 saturated carbocycles. The smallest absolute Gasteiger partial charge is 0.133 e. The van der Waals surface area contributed by atoms with Crippen LogP contribution in [0.15, 0.2) is 48.8 Å². The van der Waals surface area contributed by atoms with Crippen LogP contribution in [0.3, 0.4) is 0 Å². The number of hydrogen-bond acceptors (Lipinski definition) is 6. The Labute approximate surface area is 146 Å². The van der Waals surface area contributed by atoms with Crippen LogP contribution in [0.25, 0.3) is 10.9 Å². The van der Waals surface area contributed by atoms with Crippen LogP contribution in [-0.4, -0.2) is 40.2 Å². The quantitative estimate of drug-likeness (QED) is 0.792. The molecule has 0 bridgehead atoms. The van der Waals surface area contributed by atoms with Gasteiger partial charge in [0.05, 0.1) is 17.7 Å². The Kier molecular flexibility index (Phi) is 4.19. The minimum atomic E-state index is 0.206. The average Bonchev–Trinajstić information content (AvgIpc) is 2.61. The van der Waals surface area contributed by atoms with Crippen molar-refractivity contribution >= 4 is 28.4 Å². The molecule has 1 aliphatic rings. The zero-order chi connectivity index (χ0) is 17.2. The lowest BCUT2D eigenvalue weighted by Gasteiger charge is -2.36. The predicted octanol–water partition coefficient (Wildman–Crippen LogP) is 3.38. The highest BCUT2D eigenvalue weighted by Gasteiger charge is 2.23. The van der Waals surface area contributed by atoms with Gasteiger partial charge in [-0.2, -0.15) is 0 Å².